The third-order valence-corrected chi connectivity index (χ3v) is 5.71. The van der Waals surface area contributed by atoms with E-state index in [-0.39, 0.29) is 6.09 Å². The summed E-state index contributed by atoms with van der Waals surface area (Å²) in [4.78, 5) is 16.8. The molecular weight excluding hydrogens is 384 g/mol. The van der Waals surface area contributed by atoms with Crippen molar-refractivity contribution in [2.75, 3.05) is 43.4 Å². The molecular formula is C22H34N4O2S. The van der Waals surface area contributed by atoms with Crippen LogP contribution in [0.2, 0.25) is 0 Å². The fraction of sp³-hybridized carbons (Fsp3) is 0.636. The monoisotopic (exact) mass is 418 g/mol. The van der Waals surface area contributed by atoms with E-state index in [2.05, 4.69) is 28.6 Å². The molecule has 1 fully saturated rings. The minimum atomic E-state index is -0.510. The third kappa shape index (κ3) is 6.31. The third-order valence-electron chi connectivity index (χ3n) is 5.47. The maximum absolute atomic E-state index is 12.7. The van der Waals surface area contributed by atoms with E-state index < -0.39 is 5.60 Å². The second-order valence-electron chi connectivity index (χ2n) is 9.16. The zero-order valence-electron chi connectivity index (χ0n) is 18.1. The van der Waals surface area contributed by atoms with Crippen molar-refractivity contribution in [3.8, 4) is 0 Å². The summed E-state index contributed by atoms with van der Waals surface area (Å²) in [6.45, 7) is 9.54. The number of benzene rings is 1. The van der Waals surface area contributed by atoms with E-state index >= 15 is 0 Å². The molecule has 7 heteroatoms. The van der Waals surface area contributed by atoms with Gasteiger partial charge < -0.3 is 20.3 Å². The molecule has 0 spiro atoms. The molecule has 2 aliphatic rings. The second-order valence-corrected chi connectivity index (χ2v) is 9.57. The van der Waals surface area contributed by atoms with Crippen LogP contribution in [-0.2, 0) is 11.2 Å². The Morgan fingerprint density at radius 1 is 1.24 bits per heavy atom. The molecule has 29 heavy (non-hydrogen) atoms. The molecule has 2 N–H and O–H groups in total. The van der Waals surface area contributed by atoms with Gasteiger partial charge in [-0.05, 0) is 102 Å². The van der Waals surface area contributed by atoms with Crippen LogP contribution in [0.1, 0.15) is 45.6 Å². The Kier molecular flexibility index (Phi) is 7.01. The highest BCUT2D eigenvalue weighted by Gasteiger charge is 2.27. The van der Waals surface area contributed by atoms with Crippen molar-refractivity contribution in [1.82, 2.24) is 10.2 Å². The highest BCUT2D eigenvalue weighted by atomic mass is 32.1. The fourth-order valence-electron chi connectivity index (χ4n) is 3.84. The first-order valence-electron chi connectivity index (χ1n) is 10.6. The van der Waals surface area contributed by atoms with Crippen molar-refractivity contribution in [1.29, 1.82) is 0 Å². The minimum Gasteiger partial charge on any atom is -0.443 e. The number of thiocarbonyl (C=S) groups is 1. The van der Waals surface area contributed by atoms with Gasteiger partial charge in [0.15, 0.2) is 5.11 Å². The van der Waals surface area contributed by atoms with Gasteiger partial charge in [0.2, 0.25) is 0 Å². The van der Waals surface area contributed by atoms with Crippen molar-refractivity contribution < 1.29 is 9.53 Å². The molecule has 0 saturated carbocycles. The second kappa shape index (κ2) is 9.30. The van der Waals surface area contributed by atoms with Crippen LogP contribution in [-0.4, -0.2) is 54.9 Å². The molecule has 0 atom stereocenters. The molecule has 0 unspecified atom stereocenters. The Morgan fingerprint density at radius 3 is 2.66 bits per heavy atom. The summed E-state index contributed by atoms with van der Waals surface area (Å²) in [5, 5.41) is 7.26. The molecule has 0 aromatic heterocycles. The summed E-state index contributed by atoms with van der Waals surface area (Å²) < 4.78 is 5.59. The van der Waals surface area contributed by atoms with Gasteiger partial charge in [0.1, 0.15) is 5.60 Å². The first-order chi connectivity index (χ1) is 13.7. The largest absolute Gasteiger partial charge is 0.443 e. The quantitative estimate of drug-likeness (QED) is 0.724. The summed E-state index contributed by atoms with van der Waals surface area (Å²) in [5.41, 5.74) is 2.45. The number of hydrogen-bond acceptors (Lipinski definition) is 4. The number of hydrogen-bond donors (Lipinski definition) is 2. The topological polar surface area (TPSA) is 56.8 Å². The number of amides is 1. The predicted octanol–water partition coefficient (Wildman–Crippen LogP) is 4.00. The van der Waals surface area contributed by atoms with Crippen LogP contribution in [0.25, 0.3) is 0 Å². The average Bonchev–Trinajstić information content (AvgIpc) is 2.65. The van der Waals surface area contributed by atoms with Gasteiger partial charge in [-0.1, -0.05) is 6.07 Å². The van der Waals surface area contributed by atoms with E-state index in [9.17, 15) is 4.79 Å². The molecule has 6 nitrogen and oxygen atoms in total. The summed E-state index contributed by atoms with van der Waals surface area (Å²) >= 11 is 5.50. The van der Waals surface area contributed by atoms with Gasteiger partial charge in [-0.15, -0.1) is 0 Å². The zero-order chi connectivity index (χ0) is 21.0. The van der Waals surface area contributed by atoms with Crippen LogP contribution >= 0.6 is 12.2 Å². The lowest BCUT2D eigenvalue weighted by Gasteiger charge is -2.32. The van der Waals surface area contributed by atoms with Gasteiger partial charge in [0.05, 0.1) is 5.69 Å². The Morgan fingerprint density at radius 2 is 1.97 bits per heavy atom. The molecule has 3 rings (SSSR count). The maximum atomic E-state index is 12.7. The lowest BCUT2D eigenvalue weighted by atomic mass is 9.97. The number of carbonyl (C=O) groups is 1. The van der Waals surface area contributed by atoms with Crippen LogP contribution in [0, 0.1) is 5.92 Å². The molecule has 0 aliphatic carbocycles. The number of carbonyl (C=O) groups excluding carboxylic acids is 1. The Labute approximate surface area is 180 Å². The van der Waals surface area contributed by atoms with Crippen molar-refractivity contribution in [2.24, 2.45) is 5.92 Å². The number of anilines is 2. The van der Waals surface area contributed by atoms with Crippen molar-refractivity contribution >= 4 is 34.8 Å². The van der Waals surface area contributed by atoms with Crippen LogP contribution < -0.4 is 15.5 Å². The summed E-state index contributed by atoms with van der Waals surface area (Å²) in [7, 11) is 2.17. The normalized spacial score (nSPS) is 18.1. The van der Waals surface area contributed by atoms with Crippen molar-refractivity contribution in [2.45, 2.75) is 52.1 Å². The Bertz CT molecular complexity index is 739. The minimum absolute atomic E-state index is 0.293. The van der Waals surface area contributed by atoms with Gasteiger partial charge in [-0.25, -0.2) is 4.79 Å². The van der Waals surface area contributed by atoms with Crippen LogP contribution in [0.5, 0.6) is 0 Å². The van der Waals surface area contributed by atoms with Crippen LogP contribution in [0.15, 0.2) is 18.2 Å². The first kappa shape index (κ1) is 21.8. The van der Waals surface area contributed by atoms with E-state index in [1.165, 1.54) is 12.8 Å². The number of nitrogens with zero attached hydrogens (tertiary/aromatic N) is 2. The molecule has 0 bridgehead atoms. The number of ether oxygens (including phenoxy) is 1. The van der Waals surface area contributed by atoms with Crippen molar-refractivity contribution in [3.05, 3.63) is 23.8 Å². The first-order valence-corrected chi connectivity index (χ1v) is 11.0. The van der Waals surface area contributed by atoms with Gasteiger partial charge in [-0.2, -0.15) is 0 Å². The average molecular weight is 419 g/mol. The van der Waals surface area contributed by atoms with E-state index in [1.807, 2.05) is 32.9 Å². The lowest BCUT2D eigenvalue weighted by Crippen LogP contribution is -2.40. The number of aryl methyl sites for hydroxylation is 1. The lowest BCUT2D eigenvalue weighted by molar-refractivity contribution is 0.0578. The summed E-state index contributed by atoms with van der Waals surface area (Å²) in [6.07, 6.45) is 4.02. The van der Waals surface area contributed by atoms with Gasteiger partial charge in [0.25, 0.3) is 0 Å². The number of nitrogens with one attached hydrogen (secondary N) is 2. The summed E-state index contributed by atoms with van der Waals surface area (Å²) in [5.74, 6) is 0.664. The number of piperidine rings is 1. The zero-order valence-corrected chi connectivity index (χ0v) is 18.9. The molecule has 1 saturated heterocycles. The van der Waals surface area contributed by atoms with E-state index in [4.69, 9.17) is 17.0 Å². The molecule has 1 aromatic rings. The van der Waals surface area contributed by atoms with E-state index in [0.717, 1.165) is 49.4 Å². The van der Waals surface area contributed by atoms with Gasteiger partial charge in [-0.3, -0.25) is 4.90 Å². The molecule has 1 amide bonds. The van der Waals surface area contributed by atoms with E-state index in [1.54, 1.807) is 4.90 Å². The number of likely N-dealkylation sites (tertiary alicyclic amines) is 1. The number of rotatable bonds is 3. The highest BCUT2D eigenvalue weighted by Crippen LogP contribution is 2.31. The molecule has 0 radical (unpaired) electrons. The molecule has 1 aromatic carbocycles. The SMILES string of the molecule is CN1CCC(CNC(=S)Nc2ccc3c(c2)N(C(=O)OC(C)(C)C)CCC3)CC1. The predicted molar refractivity (Wildman–Crippen MR) is 123 cm³/mol. The Hall–Kier alpha value is -1.86. The fourth-order valence-corrected chi connectivity index (χ4v) is 4.04. The van der Waals surface area contributed by atoms with Crippen molar-refractivity contribution in [3.63, 3.8) is 0 Å². The molecule has 160 valence electrons. The summed E-state index contributed by atoms with van der Waals surface area (Å²) in [6, 6.07) is 6.11. The standard InChI is InChI=1S/C22H34N4O2S/c1-22(2,3)28-21(27)26-11-5-6-17-7-8-18(14-19(17)26)24-20(29)23-15-16-9-12-25(4)13-10-16/h7-8,14,16H,5-6,9-13,15H2,1-4H3,(H2,23,24,29). The molecule has 2 heterocycles. The van der Waals surface area contributed by atoms with Crippen LogP contribution in [0.4, 0.5) is 16.2 Å². The van der Waals surface area contributed by atoms with Gasteiger partial charge >= 0.3 is 6.09 Å². The maximum Gasteiger partial charge on any atom is 0.414 e. The van der Waals surface area contributed by atoms with Gasteiger partial charge in [0, 0.05) is 18.8 Å². The highest BCUT2D eigenvalue weighted by molar-refractivity contribution is 7.80. The van der Waals surface area contributed by atoms with Crippen LogP contribution in [0.3, 0.4) is 0 Å². The Balaban J connectivity index is 1.60. The smallest absolute Gasteiger partial charge is 0.414 e. The van der Waals surface area contributed by atoms with E-state index in [0.29, 0.717) is 17.6 Å². The number of fused-ring (bicyclic) bond motifs is 1. The molecule has 2 aliphatic heterocycles.